The van der Waals surface area contributed by atoms with Gasteiger partial charge in [-0.15, -0.1) is 24.0 Å². The van der Waals surface area contributed by atoms with E-state index in [1.807, 2.05) is 0 Å². The number of nitrogens with zero attached hydrogens (tertiary/aromatic N) is 1. The molecule has 0 radical (unpaired) electrons. The first-order valence-corrected chi connectivity index (χ1v) is 8.86. The van der Waals surface area contributed by atoms with E-state index < -0.39 is 9.84 Å². The summed E-state index contributed by atoms with van der Waals surface area (Å²) in [5.74, 6) is 2.14. The highest BCUT2D eigenvalue weighted by Gasteiger charge is 2.27. The quantitative estimate of drug-likeness (QED) is 0.406. The van der Waals surface area contributed by atoms with E-state index in [2.05, 4.69) is 43.3 Å². The maximum Gasteiger partial charge on any atom is 0.191 e. The van der Waals surface area contributed by atoms with Gasteiger partial charge in [-0.05, 0) is 32.1 Å². The molecular weight excluding hydrogens is 389 g/mol. The topological polar surface area (TPSA) is 70.6 Å². The summed E-state index contributed by atoms with van der Waals surface area (Å²) >= 11 is 0. The lowest BCUT2D eigenvalue weighted by Crippen LogP contribution is -2.43. The number of nitrogens with one attached hydrogen (secondary N) is 2. The van der Waals surface area contributed by atoms with Gasteiger partial charge >= 0.3 is 0 Å². The van der Waals surface area contributed by atoms with Crippen LogP contribution in [0.15, 0.2) is 4.99 Å². The maximum atomic E-state index is 11.4. The molecule has 0 aliphatic carbocycles. The number of rotatable bonds is 5. The SMILES string of the molecule is CC(C)CN=C(NCC1CCS(=O)(=O)C1)NC(C)C.I. The number of hydrogen-bond donors (Lipinski definition) is 2. The second-order valence-corrected chi connectivity index (χ2v) is 8.26. The molecule has 120 valence electrons. The summed E-state index contributed by atoms with van der Waals surface area (Å²) in [5, 5.41) is 6.53. The number of halogens is 1. The Morgan fingerprint density at radius 1 is 1.30 bits per heavy atom. The lowest BCUT2D eigenvalue weighted by molar-refractivity contribution is 0.560. The fourth-order valence-electron chi connectivity index (χ4n) is 1.97. The van der Waals surface area contributed by atoms with Crippen molar-refractivity contribution in [1.29, 1.82) is 0 Å². The zero-order chi connectivity index (χ0) is 14.5. The summed E-state index contributed by atoms with van der Waals surface area (Å²) in [6, 6.07) is 0.311. The van der Waals surface area contributed by atoms with Crippen molar-refractivity contribution in [2.45, 2.75) is 40.2 Å². The summed E-state index contributed by atoms with van der Waals surface area (Å²) in [7, 11) is -2.79. The van der Waals surface area contributed by atoms with Crippen LogP contribution < -0.4 is 10.6 Å². The van der Waals surface area contributed by atoms with Crippen LogP contribution >= 0.6 is 24.0 Å². The average Bonchev–Trinajstić information content (AvgIpc) is 2.61. The normalized spacial score (nSPS) is 21.9. The standard InChI is InChI=1S/C13H27N3O2S.HI/c1-10(2)7-14-13(16-11(3)4)15-8-12-5-6-19(17,18)9-12;/h10-12H,5-9H2,1-4H3,(H2,14,15,16);1H. The van der Waals surface area contributed by atoms with E-state index in [-0.39, 0.29) is 29.9 Å². The Balaban J connectivity index is 0.00000361. The first-order chi connectivity index (χ1) is 8.78. The molecular formula is C13H28IN3O2S. The van der Waals surface area contributed by atoms with Crippen LogP contribution in [0.4, 0.5) is 0 Å². The van der Waals surface area contributed by atoms with Crippen LogP contribution in [0.5, 0.6) is 0 Å². The minimum atomic E-state index is -2.79. The van der Waals surface area contributed by atoms with Crippen molar-refractivity contribution >= 4 is 39.8 Å². The van der Waals surface area contributed by atoms with Gasteiger partial charge in [0.15, 0.2) is 15.8 Å². The van der Waals surface area contributed by atoms with Crippen molar-refractivity contribution in [3.8, 4) is 0 Å². The maximum absolute atomic E-state index is 11.4. The number of guanidine groups is 1. The van der Waals surface area contributed by atoms with Crippen molar-refractivity contribution < 1.29 is 8.42 Å². The Morgan fingerprint density at radius 3 is 2.40 bits per heavy atom. The molecule has 7 heteroatoms. The molecule has 0 aromatic heterocycles. The largest absolute Gasteiger partial charge is 0.356 e. The van der Waals surface area contributed by atoms with Gasteiger partial charge in [0.2, 0.25) is 0 Å². The molecule has 1 saturated heterocycles. The zero-order valence-electron chi connectivity index (χ0n) is 12.8. The van der Waals surface area contributed by atoms with Crippen LogP contribution in [0.2, 0.25) is 0 Å². The molecule has 0 spiro atoms. The van der Waals surface area contributed by atoms with Crippen LogP contribution in [0.1, 0.15) is 34.1 Å². The van der Waals surface area contributed by atoms with Gasteiger partial charge in [-0.3, -0.25) is 4.99 Å². The Bertz CT molecular complexity index is 408. The summed E-state index contributed by atoms with van der Waals surface area (Å²) in [6.07, 6.45) is 0.758. The minimum Gasteiger partial charge on any atom is -0.356 e. The van der Waals surface area contributed by atoms with Gasteiger partial charge in [-0.2, -0.15) is 0 Å². The van der Waals surface area contributed by atoms with Crippen LogP contribution in [-0.2, 0) is 9.84 Å². The molecule has 0 aromatic carbocycles. The molecule has 5 nitrogen and oxygen atoms in total. The molecule has 1 unspecified atom stereocenters. The third-order valence-corrected chi connectivity index (χ3v) is 4.76. The molecule has 1 atom stereocenters. The third kappa shape index (κ3) is 8.28. The van der Waals surface area contributed by atoms with Crippen molar-refractivity contribution in [1.82, 2.24) is 10.6 Å². The number of aliphatic imine (C=N–C) groups is 1. The molecule has 1 aliphatic rings. The van der Waals surface area contributed by atoms with E-state index in [0.717, 1.165) is 18.9 Å². The molecule has 0 amide bonds. The molecule has 0 aromatic rings. The van der Waals surface area contributed by atoms with E-state index in [0.29, 0.717) is 30.0 Å². The van der Waals surface area contributed by atoms with Crippen LogP contribution in [-0.4, -0.2) is 45.0 Å². The Labute approximate surface area is 140 Å². The first-order valence-electron chi connectivity index (χ1n) is 7.04. The summed E-state index contributed by atoms with van der Waals surface area (Å²) in [4.78, 5) is 4.51. The van der Waals surface area contributed by atoms with E-state index in [4.69, 9.17) is 0 Å². The predicted molar refractivity (Wildman–Crippen MR) is 95.6 cm³/mol. The van der Waals surface area contributed by atoms with Crippen molar-refractivity contribution in [3.05, 3.63) is 0 Å². The van der Waals surface area contributed by atoms with Crippen molar-refractivity contribution in [3.63, 3.8) is 0 Å². The van der Waals surface area contributed by atoms with Gasteiger partial charge in [0.1, 0.15) is 0 Å². The monoisotopic (exact) mass is 417 g/mol. The van der Waals surface area contributed by atoms with Gasteiger partial charge in [0.05, 0.1) is 11.5 Å². The smallest absolute Gasteiger partial charge is 0.191 e. The molecule has 20 heavy (non-hydrogen) atoms. The predicted octanol–water partition coefficient (Wildman–Crippen LogP) is 1.64. The highest BCUT2D eigenvalue weighted by atomic mass is 127. The van der Waals surface area contributed by atoms with E-state index >= 15 is 0 Å². The second-order valence-electron chi connectivity index (χ2n) is 6.03. The number of sulfone groups is 1. The second kappa shape index (κ2) is 9.07. The van der Waals surface area contributed by atoms with Gasteiger partial charge in [0, 0.05) is 19.1 Å². The Morgan fingerprint density at radius 2 is 1.95 bits per heavy atom. The highest BCUT2D eigenvalue weighted by molar-refractivity contribution is 14.0. The third-order valence-electron chi connectivity index (χ3n) is 2.92. The summed E-state index contributed by atoms with van der Waals surface area (Å²) < 4.78 is 22.8. The fourth-order valence-corrected chi connectivity index (χ4v) is 3.84. The summed E-state index contributed by atoms with van der Waals surface area (Å²) in [6.45, 7) is 9.82. The zero-order valence-corrected chi connectivity index (χ0v) is 16.0. The van der Waals surface area contributed by atoms with E-state index in [1.54, 1.807) is 0 Å². The minimum absolute atomic E-state index is 0. The average molecular weight is 417 g/mol. The molecule has 2 N–H and O–H groups in total. The van der Waals surface area contributed by atoms with Crippen LogP contribution in [0.25, 0.3) is 0 Å². The summed E-state index contributed by atoms with van der Waals surface area (Å²) in [5.41, 5.74) is 0. The van der Waals surface area contributed by atoms with E-state index in [9.17, 15) is 8.42 Å². The fraction of sp³-hybridized carbons (Fsp3) is 0.923. The van der Waals surface area contributed by atoms with Crippen LogP contribution in [0.3, 0.4) is 0 Å². The van der Waals surface area contributed by atoms with Gasteiger partial charge in [-0.1, -0.05) is 13.8 Å². The van der Waals surface area contributed by atoms with E-state index in [1.165, 1.54) is 0 Å². The molecule has 1 aliphatic heterocycles. The highest BCUT2D eigenvalue weighted by Crippen LogP contribution is 2.17. The van der Waals surface area contributed by atoms with Crippen molar-refractivity contribution in [2.75, 3.05) is 24.6 Å². The Hall–Kier alpha value is -0.0500. The first kappa shape index (κ1) is 19.9. The molecule has 0 bridgehead atoms. The molecule has 1 rings (SSSR count). The van der Waals surface area contributed by atoms with Gasteiger partial charge < -0.3 is 10.6 Å². The van der Waals surface area contributed by atoms with Gasteiger partial charge in [-0.25, -0.2) is 8.42 Å². The lowest BCUT2D eigenvalue weighted by Gasteiger charge is -2.17. The molecule has 1 fully saturated rings. The van der Waals surface area contributed by atoms with Crippen molar-refractivity contribution in [2.24, 2.45) is 16.8 Å². The van der Waals surface area contributed by atoms with Crippen LogP contribution in [0, 0.1) is 11.8 Å². The molecule has 1 heterocycles. The van der Waals surface area contributed by atoms with Gasteiger partial charge in [0.25, 0.3) is 0 Å². The molecule has 0 saturated carbocycles. The number of hydrogen-bond acceptors (Lipinski definition) is 3. The lowest BCUT2D eigenvalue weighted by atomic mass is 10.1. The Kier molecular flexibility index (Phi) is 9.04.